The van der Waals surface area contributed by atoms with E-state index in [4.69, 9.17) is 0 Å². The molecule has 2 aromatic carbocycles. The summed E-state index contributed by atoms with van der Waals surface area (Å²) in [5.41, 5.74) is 1.17. The number of rotatable bonds is 5. The first-order valence-electron chi connectivity index (χ1n) is 8.88. The van der Waals surface area contributed by atoms with Crippen LogP contribution in [0.2, 0.25) is 0 Å². The molecule has 1 amide bonds. The van der Waals surface area contributed by atoms with Crippen molar-refractivity contribution in [1.82, 2.24) is 14.7 Å². The summed E-state index contributed by atoms with van der Waals surface area (Å²) < 4.78 is 40.4. The molecule has 0 radical (unpaired) electrons. The van der Waals surface area contributed by atoms with Gasteiger partial charge >= 0.3 is 6.18 Å². The number of aromatic nitrogens is 2. The van der Waals surface area contributed by atoms with Crippen LogP contribution in [0.25, 0.3) is 15.4 Å². The number of alkyl halides is 3. The molecule has 0 aliphatic rings. The molecule has 0 saturated carbocycles. The Morgan fingerprint density at radius 3 is 2.59 bits per heavy atom. The molecule has 8 heteroatoms. The second kappa shape index (κ2) is 7.71. The lowest BCUT2D eigenvalue weighted by Crippen LogP contribution is -2.25. The van der Waals surface area contributed by atoms with E-state index in [0.717, 1.165) is 17.7 Å². The molecular formula is C21H16F3N3OS. The highest BCUT2D eigenvalue weighted by molar-refractivity contribution is 7.20. The van der Waals surface area contributed by atoms with Crippen molar-refractivity contribution in [3.63, 3.8) is 0 Å². The summed E-state index contributed by atoms with van der Waals surface area (Å²) in [5, 5.41) is 2.83. The highest BCUT2D eigenvalue weighted by atomic mass is 32.1. The summed E-state index contributed by atoms with van der Waals surface area (Å²) in [7, 11) is 0. The molecule has 4 rings (SSSR count). The molecular weight excluding hydrogens is 399 g/mol. The number of hydrogen-bond acceptors (Lipinski definition) is 3. The standard InChI is InChI=1S/C21H16F3N3OS/c22-21(23,24)16-8-4-7-15(11-16)18-13-27-12-17(26-20(27)29-18)19(28)25-10-9-14-5-2-1-3-6-14/h1-8,11-13H,9-10H2,(H,25,28). The maximum Gasteiger partial charge on any atom is 0.416 e. The van der Waals surface area contributed by atoms with Crippen LogP contribution < -0.4 is 5.32 Å². The van der Waals surface area contributed by atoms with Gasteiger partial charge in [0, 0.05) is 18.9 Å². The molecule has 0 saturated heterocycles. The van der Waals surface area contributed by atoms with Crippen molar-refractivity contribution >= 4 is 22.2 Å². The van der Waals surface area contributed by atoms with Crippen molar-refractivity contribution in [2.45, 2.75) is 12.6 Å². The molecule has 1 N–H and O–H groups in total. The second-order valence-corrected chi connectivity index (χ2v) is 7.49. The predicted molar refractivity (Wildman–Crippen MR) is 106 cm³/mol. The number of nitrogens with one attached hydrogen (secondary N) is 1. The number of thiazole rings is 1. The lowest BCUT2D eigenvalue weighted by Gasteiger charge is -2.07. The van der Waals surface area contributed by atoms with Gasteiger partial charge in [0.15, 0.2) is 4.96 Å². The Morgan fingerprint density at radius 1 is 1.07 bits per heavy atom. The van der Waals surface area contributed by atoms with Gasteiger partial charge in [0.2, 0.25) is 0 Å². The number of imidazole rings is 1. The topological polar surface area (TPSA) is 46.4 Å². The van der Waals surface area contributed by atoms with E-state index in [9.17, 15) is 18.0 Å². The molecule has 4 nitrogen and oxygen atoms in total. The van der Waals surface area contributed by atoms with Crippen molar-refractivity contribution in [3.05, 3.63) is 83.8 Å². The Morgan fingerprint density at radius 2 is 1.86 bits per heavy atom. The molecule has 0 unspecified atom stereocenters. The molecule has 2 heterocycles. The summed E-state index contributed by atoms with van der Waals surface area (Å²) in [6.45, 7) is 0.490. The molecule has 0 aliphatic heterocycles. The van der Waals surface area contributed by atoms with E-state index in [0.29, 0.717) is 28.4 Å². The zero-order valence-corrected chi connectivity index (χ0v) is 15.9. The largest absolute Gasteiger partial charge is 0.416 e. The Hall–Kier alpha value is -3.13. The van der Waals surface area contributed by atoms with Crippen LogP contribution in [0, 0.1) is 0 Å². The smallest absolute Gasteiger partial charge is 0.350 e. The van der Waals surface area contributed by atoms with Crippen molar-refractivity contribution < 1.29 is 18.0 Å². The molecule has 0 fully saturated rings. The van der Waals surface area contributed by atoms with Gasteiger partial charge in [-0.25, -0.2) is 4.98 Å². The van der Waals surface area contributed by atoms with Gasteiger partial charge in [-0.15, -0.1) is 0 Å². The molecule has 0 aliphatic carbocycles. The first-order valence-corrected chi connectivity index (χ1v) is 9.70. The average Bonchev–Trinajstić information content (AvgIpc) is 3.28. The third-order valence-corrected chi connectivity index (χ3v) is 5.45. The lowest BCUT2D eigenvalue weighted by atomic mass is 10.1. The summed E-state index contributed by atoms with van der Waals surface area (Å²) in [5.74, 6) is -0.280. The second-order valence-electron chi connectivity index (χ2n) is 6.48. The van der Waals surface area contributed by atoms with Gasteiger partial charge in [-0.1, -0.05) is 53.8 Å². The maximum absolute atomic E-state index is 12.9. The van der Waals surface area contributed by atoms with E-state index in [-0.39, 0.29) is 11.6 Å². The molecule has 2 aromatic heterocycles. The zero-order valence-electron chi connectivity index (χ0n) is 15.1. The van der Waals surface area contributed by atoms with E-state index >= 15 is 0 Å². The quantitative estimate of drug-likeness (QED) is 0.496. The molecule has 0 atom stereocenters. The average molecular weight is 415 g/mol. The van der Waals surface area contributed by atoms with E-state index in [1.165, 1.54) is 17.4 Å². The van der Waals surface area contributed by atoms with Crippen molar-refractivity contribution in [2.75, 3.05) is 6.54 Å². The van der Waals surface area contributed by atoms with E-state index < -0.39 is 11.7 Å². The fourth-order valence-corrected chi connectivity index (χ4v) is 3.91. The van der Waals surface area contributed by atoms with Crippen molar-refractivity contribution in [2.24, 2.45) is 0 Å². The van der Waals surface area contributed by atoms with Crippen LogP contribution >= 0.6 is 11.3 Å². The van der Waals surface area contributed by atoms with Crippen LogP contribution in [-0.2, 0) is 12.6 Å². The van der Waals surface area contributed by atoms with Crippen LogP contribution in [-0.4, -0.2) is 21.8 Å². The minimum absolute atomic E-state index is 0.278. The highest BCUT2D eigenvalue weighted by Gasteiger charge is 2.30. The van der Waals surface area contributed by atoms with Crippen LogP contribution in [0.3, 0.4) is 0 Å². The third-order valence-electron chi connectivity index (χ3n) is 4.41. The number of fused-ring (bicyclic) bond motifs is 1. The molecule has 29 heavy (non-hydrogen) atoms. The molecule has 0 bridgehead atoms. The molecule has 4 aromatic rings. The van der Waals surface area contributed by atoms with Gasteiger partial charge in [-0.2, -0.15) is 13.2 Å². The summed E-state index contributed by atoms with van der Waals surface area (Å²) in [6.07, 6.45) is -0.406. The van der Waals surface area contributed by atoms with E-state index in [1.54, 1.807) is 22.9 Å². The number of nitrogens with zero attached hydrogens (tertiary/aromatic N) is 2. The summed E-state index contributed by atoms with van der Waals surface area (Å²) in [4.78, 5) is 17.8. The fraction of sp³-hybridized carbons (Fsp3) is 0.143. The molecule has 0 spiro atoms. The van der Waals surface area contributed by atoms with Crippen LogP contribution in [0.1, 0.15) is 21.6 Å². The highest BCUT2D eigenvalue weighted by Crippen LogP contribution is 2.34. The number of carbonyl (C=O) groups excluding carboxylic acids is 1. The van der Waals surface area contributed by atoms with Gasteiger partial charge in [0.1, 0.15) is 5.69 Å². The first kappa shape index (κ1) is 19.2. The van der Waals surface area contributed by atoms with Gasteiger partial charge in [-0.3, -0.25) is 9.20 Å². The monoisotopic (exact) mass is 415 g/mol. The number of halogens is 3. The first-order chi connectivity index (χ1) is 13.9. The van der Waals surface area contributed by atoms with Crippen molar-refractivity contribution in [1.29, 1.82) is 0 Å². The summed E-state index contributed by atoms with van der Waals surface area (Å²) in [6, 6.07) is 15.0. The fourth-order valence-electron chi connectivity index (χ4n) is 2.94. The van der Waals surface area contributed by atoms with Gasteiger partial charge in [0.05, 0.1) is 10.4 Å². The lowest BCUT2D eigenvalue weighted by molar-refractivity contribution is -0.137. The van der Waals surface area contributed by atoms with Crippen LogP contribution in [0.5, 0.6) is 0 Å². The van der Waals surface area contributed by atoms with Gasteiger partial charge in [0.25, 0.3) is 5.91 Å². The van der Waals surface area contributed by atoms with Crippen LogP contribution in [0.15, 0.2) is 67.0 Å². The number of hydrogen-bond donors (Lipinski definition) is 1. The van der Waals surface area contributed by atoms with Gasteiger partial charge < -0.3 is 5.32 Å². The predicted octanol–water partition coefficient (Wildman–Crippen LogP) is 5.05. The Kier molecular flexibility index (Phi) is 5.10. The van der Waals surface area contributed by atoms with Crippen molar-refractivity contribution in [3.8, 4) is 10.4 Å². The Bertz CT molecular complexity index is 1120. The number of amides is 1. The summed E-state index contributed by atoms with van der Waals surface area (Å²) >= 11 is 1.23. The Balaban J connectivity index is 1.46. The van der Waals surface area contributed by atoms with E-state index in [1.807, 2.05) is 30.3 Å². The minimum Gasteiger partial charge on any atom is -0.350 e. The van der Waals surface area contributed by atoms with E-state index in [2.05, 4.69) is 10.3 Å². The Labute approximate surface area is 168 Å². The number of benzene rings is 2. The van der Waals surface area contributed by atoms with Crippen LogP contribution in [0.4, 0.5) is 13.2 Å². The number of carbonyl (C=O) groups is 1. The minimum atomic E-state index is -4.39. The third kappa shape index (κ3) is 4.32. The SMILES string of the molecule is O=C(NCCc1ccccc1)c1cn2cc(-c3cccc(C(F)(F)F)c3)sc2n1. The maximum atomic E-state index is 12.9. The van der Waals surface area contributed by atoms with Gasteiger partial charge in [-0.05, 0) is 29.7 Å². The zero-order chi connectivity index (χ0) is 20.4. The normalized spacial score (nSPS) is 11.7. The molecule has 148 valence electrons.